The lowest BCUT2D eigenvalue weighted by Gasteiger charge is -2.26. The van der Waals surface area contributed by atoms with Crippen molar-refractivity contribution in [3.8, 4) is 5.75 Å². The Kier molecular flexibility index (Phi) is 6.69. The maximum Gasteiger partial charge on any atom is 0.338 e. The first kappa shape index (κ1) is 25.6. The van der Waals surface area contributed by atoms with Crippen LogP contribution in [0.4, 0.5) is 0 Å². The van der Waals surface area contributed by atoms with Crippen LogP contribution in [0.25, 0.3) is 22.7 Å². The molecule has 40 heavy (non-hydrogen) atoms. The molecule has 6 rings (SSSR count). The minimum atomic E-state index is -0.730. The van der Waals surface area contributed by atoms with Crippen molar-refractivity contribution in [3.63, 3.8) is 0 Å². The molecule has 200 valence electrons. The highest BCUT2D eigenvalue weighted by Crippen LogP contribution is 2.35. The van der Waals surface area contributed by atoms with E-state index in [2.05, 4.69) is 6.07 Å². The van der Waals surface area contributed by atoms with Crippen LogP contribution < -0.4 is 19.6 Å². The van der Waals surface area contributed by atoms with Crippen LogP contribution >= 0.6 is 11.3 Å². The number of rotatable bonds is 6. The summed E-state index contributed by atoms with van der Waals surface area (Å²) in [6.45, 7) is 1.97. The summed E-state index contributed by atoms with van der Waals surface area (Å²) in [5.74, 6) is 0.173. The Labute approximate surface area is 234 Å². The van der Waals surface area contributed by atoms with Crippen LogP contribution in [0.3, 0.4) is 0 Å². The summed E-state index contributed by atoms with van der Waals surface area (Å²) >= 11 is 1.31. The van der Waals surface area contributed by atoms with Crippen LogP contribution in [0, 0.1) is 0 Å². The minimum absolute atomic E-state index is 0.200. The van der Waals surface area contributed by atoms with Crippen LogP contribution in [0.1, 0.15) is 29.7 Å². The highest BCUT2D eigenvalue weighted by molar-refractivity contribution is 7.07. The summed E-state index contributed by atoms with van der Waals surface area (Å²) in [7, 11) is 3.59. The predicted molar refractivity (Wildman–Crippen MR) is 157 cm³/mol. The molecule has 0 amide bonds. The number of carbonyl (C=O) groups is 1. The summed E-state index contributed by atoms with van der Waals surface area (Å²) in [5.41, 5.74) is 4.15. The van der Waals surface area contributed by atoms with Crippen LogP contribution in [-0.4, -0.2) is 28.8 Å². The third-order valence-corrected chi connectivity index (χ3v) is 8.00. The zero-order chi connectivity index (χ0) is 27.8. The highest BCUT2D eigenvalue weighted by atomic mass is 32.1. The maximum absolute atomic E-state index is 14.1. The number of hydrogen-bond acceptors (Lipinski definition) is 6. The number of carbonyl (C=O) groups excluding carboxylic acids is 1. The SMILES string of the molecule is CCOC(=O)C1=C(c2ccccc2)N=c2s/c(=C/c3cn(C)c4ccccc34)c(=O)n2[C@H]1c1ccc(OC)cc1. The second-order valence-corrected chi connectivity index (χ2v) is 10.4. The van der Waals surface area contributed by atoms with E-state index in [1.807, 2.05) is 96.7 Å². The van der Waals surface area contributed by atoms with Gasteiger partial charge in [-0.25, -0.2) is 9.79 Å². The van der Waals surface area contributed by atoms with Crippen molar-refractivity contribution in [1.82, 2.24) is 9.13 Å². The van der Waals surface area contributed by atoms with Gasteiger partial charge in [0.2, 0.25) is 0 Å². The Morgan fingerprint density at radius 2 is 1.75 bits per heavy atom. The first-order valence-corrected chi connectivity index (χ1v) is 13.8. The number of thiazole rings is 1. The zero-order valence-electron chi connectivity index (χ0n) is 22.3. The second kappa shape index (κ2) is 10.5. The quantitative estimate of drug-likeness (QED) is 0.294. The van der Waals surface area contributed by atoms with E-state index in [-0.39, 0.29) is 12.2 Å². The Morgan fingerprint density at radius 1 is 1.02 bits per heavy atom. The number of fused-ring (bicyclic) bond motifs is 2. The van der Waals surface area contributed by atoms with E-state index in [0.29, 0.717) is 26.4 Å². The number of hydrogen-bond donors (Lipinski definition) is 0. The van der Waals surface area contributed by atoms with E-state index in [9.17, 15) is 9.59 Å². The Morgan fingerprint density at radius 3 is 2.48 bits per heavy atom. The lowest BCUT2D eigenvalue weighted by Crippen LogP contribution is -2.40. The third kappa shape index (κ3) is 4.36. The van der Waals surface area contributed by atoms with Gasteiger partial charge in [0.05, 0.1) is 35.6 Å². The van der Waals surface area contributed by atoms with Gasteiger partial charge in [-0.2, -0.15) is 0 Å². The molecule has 0 N–H and O–H groups in total. The van der Waals surface area contributed by atoms with Gasteiger partial charge in [0, 0.05) is 35.3 Å². The van der Waals surface area contributed by atoms with E-state index in [1.54, 1.807) is 18.6 Å². The van der Waals surface area contributed by atoms with Gasteiger partial charge in [-0.05, 0) is 36.8 Å². The van der Waals surface area contributed by atoms with Crippen LogP contribution in [-0.2, 0) is 16.6 Å². The van der Waals surface area contributed by atoms with Gasteiger partial charge in [0.25, 0.3) is 5.56 Å². The molecule has 3 aromatic carbocycles. The molecule has 0 bridgehead atoms. The molecule has 7 nitrogen and oxygen atoms in total. The Hall–Kier alpha value is -4.69. The van der Waals surface area contributed by atoms with Crippen molar-refractivity contribution in [2.45, 2.75) is 13.0 Å². The summed E-state index contributed by atoms with van der Waals surface area (Å²) in [6.07, 6.45) is 3.93. The number of ether oxygens (including phenoxy) is 2. The number of nitrogens with zero attached hydrogens (tertiary/aromatic N) is 3. The minimum Gasteiger partial charge on any atom is -0.497 e. The van der Waals surface area contributed by atoms with Gasteiger partial charge in [0.1, 0.15) is 5.75 Å². The molecule has 1 aliphatic rings. The van der Waals surface area contributed by atoms with Crippen LogP contribution in [0.5, 0.6) is 5.75 Å². The summed E-state index contributed by atoms with van der Waals surface area (Å²) in [6, 6.07) is 24.3. The van der Waals surface area contributed by atoms with Gasteiger partial charge in [-0.1, -0.05) is 72.0 Å². The predicted octanol–water partition coefficient (Wildman–Crippen LogP) is 4.44. The summed E-state index contributed by atoms with van der Waals surface area (Å²) < 4.78 is 15.1. The Bertz CT molecular complexity index is 1950. The molecule has 0 aliphatic carbocycles. The number of esters is 1. The standard InChI is InChI=1S/C32H27N3O4S/c1-4-39-31(37)27-28(20-10-6-5-7-11-20)33-32-35(29(27)21-14-16-23(38-3)17-15-21)30(36)26(40-32)18-22-19-34(2)25-13-9-8-12-24(22)25/h5-19,29H,4H2,1-3H3/b26-18+/t29-/m0/s1. The molecule has 0 spiro atoms. The number of benzene rings is 3. The average Bonchev–Trinajstić information content (AvgIpc) is 3.48. The normalized spacial score (nSPS) is 15.2. The van der Waals surface area contributed by atoms with Crippen LogP contribution in [0.15, 0.2) is 100 Å². The van der Waals surface area contributed by atoms with Crippen LogP contribution in [0.2, 0.25) is 0 Å². The molecule has 0 saturated heterocycles. The van der Waals surface area contributed by atoms with Crippen molar-refractivity contribution in [3.05, 3.63) is 127 Å². The maximum atomic E-state index is 14.1. The number of aryl methyl sites for hydroxylation is 1. The number of methoxy groups -OCH3 is 1. The largest absolute Gasteiger partial charge is 0.497 e. The van der Waals surface area contributed by atoms with Crippen molar-refractivity contribution in [1.29, 1.82) is 0 Å². The van der Waals surface area contributed by atoms with Gasteiger partial charge in [-0.3, -0.25) is 9.36 Å². The van der Waals surface area contributed by atoms with Crippen molar-refractivity contribution < 1.29 is 14.3 Å². The molecule has 2 aromatic heterocycles. The van der Waals surface area contributed by atoms with E-state index in [0.717, 1.165) is 27.6 Å². The van der Waals surface area contributed by atoms with Gasteiger partial charge < -0.3 is 14.0 Å². The average molecular weight is 550 g/mol. The topological polar surface area (TPSA) is 74.8 Å². The highest BCUT2D eigenvalue weighted by Gasteiger charge is 2.35. The smallest absolute Gasteiger partial charge is 0.338 e. The fraction of sp³-hybridized carbons (Fsp3) is 0.156. The van der Waals surface area contributed by atoms with Crippen molar-refractivity contribution in [2.75, 3.05) is 13.7 Å². The first-order valence-electron chi connectivity index (χ1n) is 13.0. The molecule has 3 heterocycles. The first-order chi connectivity index (χ1) is 19.5. The second-order valence-electron chi connectivity index (χ2n) is 9.42. The molecule has 0 fully saturated rings. The van der Waals surface area contributed by atoms with E-state index in [1.165, 1.54) is 11.3 Å². The van der Waals surface area contributed by atoms with Gasteiger partial charge >= 0.3 is 5.97 Å². The van der Waals surface area contributed by atoms with Gasteiger partial charge in [0.15, 0.2) is 4.80 Å². The molecule has 8 heteroatoms. The van der Waals surface area contributed by atoms with Crippen molar-refractivity contribution >= 4 is 40.0 Å². The molecule has 0 saturated carbocycles. The molecule has 1 atom stereocenters. The molecule has 0 radical (unpaired) electrons. The monoisotopic (exact) mass is 549 g/mol. The zero-order valence-corrected chi connectivity index (χ0v) is 23.1. The Balaban J connectivity index is 1.65. The molecular formula is C32H27N3O4S. The molecule has 1 aliphatic heterocycles. The number of aromatic nitrogens is 2. The van der Waals surface area contributed by atoms with Gasteiger partial charge in [-0.15, -0.1) is 0 Å². The van der Waals surface area contributed by atoms with E-state index >= 15 is 0 Å². The number of para-hydroxylation sites is 1. The summed E-state index contributed by atoms with van der Waals surface area (Å²) in [5, 5.41) is 1.06. The lowest BCUT2D eigenvalue weighted by atomic mass is 9.93. The molecule has 0 unspecified atom stereocenters. The fourth-order valence-corrected chi connectivity index (χ4v) is 6.16. The van der Waals surface area contributed by atoms with E-state index < -0.39 is 12.0 Å². The lowest BCUT2D eigenvalue weighted by molar-refractivity contribution is -0.138. The molecular weight excluding hydrogens is 522 g/mol. The molecule has 5 aromatic rings. The van der Waals surface area contributed by atoms with Crippen molar-refractivity contribution in [2.24, 2.45) is 12.0 Å². The van der Waals surface area contributed by atoms with E-state index in [4.69, 9.17) is 14.5 Å². The third-order valence-electron chi connectivity index (χ3n) is 7.02. The fourth-order valence-electron chi connectivity index (χ4n) is 5.17. The summed E-state index contributed by atoms with van der Waals surface area (Å²) in [4.78, 5) is 33.1.